The minimum absolute atomic E-state index is 0.106. The second-order valence-corrected chi connectivity index (χ2v) is 6.08. The fourth-order valence-electron chi connectivity index (χ4n) is 2.91. The first-order chi connectivity index (χ1) is 12.6. The highest BCUT2D eigenvalue weighted by molar-refractivity contribution is 5.98. The van der Waals surface area contributed by atoms with Crippen LogP contribution in [0.1, 0.15) is 22.6 Å². The number of carbonyl (C=O) groups is 2. The lowest BCUT2D eigenvalue weighted by Crippen LogP contribution is -2.22. The van der Waals surface area contributed by atoms with Crippen LogP contribution in [-0.4, -0.2) is 11.8 Å². The van der Waals surface area contributed by atoms with Gasteiger partial charge < -0.3 is 11.1 Å². The second kappa shape index (κ2) is 8.12. The molecule has 3 aromatic rings. The summed E-state index contributed by atoms with van der Waals surface area (Å²) in [5, 5.41) is 2.96. The van der Waals surface area contributed by atoms with Crippen LogP contribution in [0.25, 0.3) is 0 Å². The van der Waals surface area contributed by atoms with Gasteiger partial charge in [-0.1, -0.05) is 72.8 Å². The van der Waals surface area contributed by atoms with E-state index < -0.39 is 5.92 Å². The van der Waals surface area contributed by atoms with Crippen molar-refractivity contribution in [1.82, 2.24) is 0 Å². The average molecular weight is 344 g/mol. The molecule has 0 aliphatic carbocycles. The van der Waals surface area contributed by atoms with E-state index in [9.17, 15) is 9.59 Å². The average Bonchev–Trinajstić information content (AvgIpc) is 2.65. The molecule has 3 aromatic carbocycles. The summed E-state index contributed by atoms with van der Waals surface area (Å²) in [7, 11) is 0. The van der Waals surface area contributed by atoms with Crippen molar-refractivity contribution in [3.8, 4) is 0 Å². The SMILES string of the molecule is NC(=O)Cc1ccc(NC(=O)C(c2ccccc2)c2ccccc2)cc1. The quantitative estimate of drug-likeness (QED) is 0.718. The molecule has 0 atom stereocenters. The highest BCUT2D eigenvalue weighted by atomic mass is 16.2. The van der Waals surface area contributed by atoms with Crippen LogP contribution in [0.2, 0.25) is 0 Å². The second-order valence-electron chi connectivity index (χ2n) is 6.08. The van der Waals surface area contributed by atoms with E-state index in [1.165, 1.54) is 0 Å². The van der Waals surface area contributed by atoms with E-state index in [1.54, 1.807) is 24.3 Å². The van der Waals surface area contributed by atoms with Crippen LogP contribution in [0.3, 0.4) is 0 Å². The molecule has 2 amide bonds. The number of primary amides is 1. The van der Waals surface area contributed by atoms with E-state index in [0.29, 0.717) is 5.69 Å². The minimum Gasteiger partial charge on any atom is -0.369 e. The zero-order chi connectivity index (χ0) is 18.4. The molecule has 3 rings (SSSR count). The lowest BCUT2D eigenvalue weighted by molar-refractivity contribution is -0.118. The molecule has 0 saturated heterocycles. The van der Waals surface area contributed by atoms with Crippen LogP contribution in [0.15, 0.2) is 84.9 Å². The summed E-state index contributed by atoms with van der Waals surface area (Å²) >= 11 is 0. The predicted octanol–water partition coefficient (Wildman–Crippen LogP) is 3.49. The smallest absolute Gasteiger partial charge is 0.236 e. The molecule has 0 heterocycles. The van der Waals surface area contributed by atoms with E-state index in [4.69, 9.17) is 5.73 Å². The Balaban J connectivity index is 1.83. The number of rotatable bonds is 6. The molecule has 0 aromatic heterocycles. The first-order valence-electron chi connectivity index (χ1n) is 8.41. The highest BCUT2D eigenvalue weighted by Crippen LogP contribution is 2.26. The summed E-state index contributed by atoms with van der Waals surface area (Å²) in [6, 6.07) is 26.5. The van der Waals surface area contributed by atoms with Crippen LogP contribution in [0.5, 0.6) is 0 Å². The molecule has 0 fully saturated rings. The van der Waals surface area contributed by atoms with E-state index in [2.05, 4.69) is 5.32 Å². The summed E-state index contributed by atoms with van der Waals surface area (Å²) in [5.74, 6) is -0.886. The van der Waals surface area contributed by atoms with Gasteiger partial charge >= 0.3 is 0 Å². The van der Waals surface area contributed by atoms with Gasteiger partial charge in [0.15, 0.2) is 0 Å². The maximum Gasteiger partial charge on any atom is 0.236 e. The fourth-order valence-corrected chi connectivity index (χ4v) is 2.91. The minimum atomic E-state index is -0.400. The van der Waals surface area contributed by atoms with Gasteiger partial charge in [0, 0.05) is 5.69 Å². The number of benzene rings is 3. The van der Waals surface area contributed by atoms with Crippen LogP contribution in [-0.2, 0) is 16.0 Å². The number of amides is 2. The monoisotopic (exact) mass is 344 g/mol. The van der Waals surface area contributed by atoms with Crippen molar-refractivity contribution in [1.29, 1.82) is 0 Å². The molecule has 0 unspecified atom stereocenters. The van der Waals surface area contributed by atoms with Gasteiger partial charge in [0.2, 0.25) is 11.8 Å². The third-order valence-electron chi connectivity index (χ3n) is 4.13. The Kier molecular flexibility index (Phi) is 5.44. The molecule has 0 aliphatic heterocycles. The van der Waals surface area contributed by atoms with Crippen LogP contribution in [0, 0.1) is 0 Å². The molecular weight excluding hydrogens is 324 g/mol. The molecule has 0 aliphatic rings. The largest absolute Gasteiger partial charge is 0.369 e. The summed E-state index contributed by atoms with van der Waals surface area (Å²) in [5.41, 5.74) is 8.57. The van der Waals surface area contributed by atoms with Crippen molar-refractivity contribution < 1.29 is 9.59 Å². The molecule has 0 saturated carbocycles. The van der Waals surface area contributed by atoms with Crippen molar-refractivity contribution in [3.05, 3.63) is 102 Å². The molecule has 3 N–H and O–H groups in total. The normalized spacial score (nSPS) is 10.5. The van der Waals surface area contributed by atoms with Crippen LogP contribution < -0.4 is 11.1 Å². The zero-order valence-electron chi connectivity index (χ0n) is 14.3. The third-order valence-corrected chi connectivity index (χ3v) is 4.13. The topological polar surface area (TPSA) is 72.2 Å². The third kappa shape index (κ3) is 4.36. The van der Waals surface area contributed by atoms with Gasteiger partial charge in [0.05, 0.1) is 12.3 Å². The van der Waals surface area contributed by atoms with Gasteiger partial charge in [0.25, 0.3) is 0 Å². The Morgan fingerprint density at radius 2 is 1.27 bits per heavy atom. The van der Waals surface area contributed by atoms with Gasteiger partial charge in [-0.05, 0) is 28.8 Å². The van der Waals surface area contributed by atoms with Crippen LogP contribution >= 0.6 is 0 Å². The number of nitrogens with one attached hydrogen (secondary N) is 1. The Hall–Kier alpha value is -3.40. The zero-order valence-corrected chi connectivity index (χ0v) is 14.3. The maximum absolute atomic E-state index is 13.0. The number of hydrogen-bond acceptors (Lipinski definition) is 2. The highest BCUT2D eigenvalue weighted by Gasteiger charge is 2.22. The summed E-state index contributed by atoms with van der Waals surface area (Å²) in [6.07, 6.45) is 0.185. The van der Waals surface area contributed by atoms with Gasteiger partial charge in [0.1, 0.15) is 0 Å². The van der Waals surface area contributed by atoms with Crippen molar-refractivity contribution in [3.63, 3.8) is 0 Å². The summed E-state index contributed by atoms with van der Waals surface area (Å²) in [6.45, 7) is 0. The molecular formula is C22H20N2O2. The molecule has 130 valence electrons. The number of nitrogens with two attached hydrogens (primary N) is 1. The predicted molar refractivity (Wildman–Crippen MR) is 103 cm³/mol. The molecule has 0 radical (unpaired) electrons. The lowest BCUT2D eigenvalue weighted by Gasteiger charge is -2.18. The first-order valence-corrected chi connectivity index (χ1v) is 8.41. The van der Waals surface area contributed by atoms with Gasteiger partial charge in [-0.3, -0.25) is 9.59 Å². The maximum atomic E-state index is 13.0. The van der Waals surface area contributed by atoms with E-state index in [1.807, 2.05) is 60.7 Å². The van der Waals surface area contributed by atoms with Crippen molar-refractivity contribution in [2.75, 3.05) is 5.32 Å². The fraction of sp³-hybridized carbons (Fsp3) is 0.0909. The number of carbonyl (C=O) groups excluding carboxylic acids is 2. The van der Waals surface area contributed by atoms with Crippen LogP contribution in [0.4, 0.5) is 5.69 Å². The Labute approximate surface area is 152 Å². The summed E-state index contributed by atoms with van der Waals surface area (Å²) in [4.78, 5) is 24.0. The lowest BCUT2D eigenvalue weighted by atomic mass is 9.90. The van der Waals surface area contributed by atoms with Crippen molar-refractivity contribution >= 4 is 17.5 Å². The molecule has 4 nitrogen and oxygen atoms in total. The summed E-state index contributed by atoms with van der Waals surface area (Å²) < 4.78 is 0. The number of hydrogen-bond donors (Lipinski definition) is 2. The molecule has 26 heavy (non-hydrogen) atoms. The van der Waals surface area contributed by atoms with Crippen molar-refractivity contribution in [2.45, 2.75) is 12.3 Å². The Morgan fingerprint density at radius 1 is 0.769 bits per heavy atom. The van der Waals surface area contributed by atoms with E-state index >= 15 is 0 Å². The number of anilines is 1. The first kappa shape index (κ1) is 17.4. The van der Waals surface area contributed by atoms with Gasteiger partial charge in [-0.2, -0.15) is 0 Å². The molecule has 4 heteroatoms. The van der Waals surface area contributed by atoms with Crippen molar-refractivity contribution in [2.24, 2.45) is 5.73 Å². The molecule has 0 bridgehead atoms. The Morgan fingerprint density at radius 3 is 1.73 bits per heavy atom. The van der Waals surface area contributed by atoms with Gasteiger partial charge in [-0.15, -0.1) is 0 Å². The van der Waals surface area contributed by atoms with E-state index in [-0.39, 0.29) is 18.2 Å². The molecule has 0 spiro atoms. The standard InChI is InChI=1S/C22H20N2O2/c23-20(25)15-16-11-13-19(14-12-16)24-22(26)21(17-7-3-1-4-8-17)18-9-5-2-6-10-18/h1-14,21H,15H2,(H2,23,25)(H,24,26). The van der Waals surface area contributed by atoms with E-state index in [0.717, 1.165) is 16.7 Å². The van der Waals surface area contributed by atoms with Gasteiger partial charge in [-0.25, -0.2) is 0 Å². The Bertz CT molecular complexity index is 836.